The maximum atomic E-state index is 14.6. The minimum absolute atomic E-state index is 0.0416. The Morgan fingerprint density at radius 2 is 1.55 bits per heavy atom. The monoisotopic (exact) mass is 768 g/mol. The molecule has 12 heteroatoms. The number of thioether (sulfide) groups is 1. The van der Waals surface area contributed by atoms with Crippen molar-refractivity contribution < 1.29 is 26.7 Å². The molecule has 0 aliphatic carbocycles. The van der Waals surface area contributed by atoms with E-state index in [1.165, 1.54) is 30.3 Å². The largest absolute Gasteiger partial charge is 0.416 e. The summed E-state index contributed by atoms with van der Waals surface area (Å²) in [7, 11) is 0. The summed E-state index contributed by atoms with van der Waals surface area (Å²) in [5.41, 5.74) is 3.08. The molecule has 0 bridgehead atoms. The number of hydrogen-bond donors (Lipinski definition) is 0. The molecule has 282 valence electrons. The number of carbonyl (C=O) groups excluding carboxylic acids is 1. The highest BCUT2D eigenvalue weighted by Gasteiger charge is 2.31. The van der Waals surface area contributed by atoms with E-state index in [0.717, 1.165) is 79.1 Å². The molecule has 7 rings (SSSR count). The number of likely N-dealkylation sites (tertiary alicyclic amines) is 1. The fourth-order valence-electron chi connectivity index (χ4n) is 7.04. The van der Waals surface area contributed by atoms with Gasteiger partial charge in [0, 0.05) is 67.4 Å². The van der Waals surface area contributed by atoms with Crippen molar-refractivity contribution in [2.75, 3.05) is 13.1 Å². The molecule has 6 nitrogen and oxygen atoms in total. The highest BCUT2D eigenvalue weighted by atomic mass is 32.2. The van der Waals surface area contributed by atoms with Gasteiger partial charge in [-0.3, -0.25) is 19.5 Å². The van der Waals surface area contributed by atoms with E-state index < -0.39 is 23.4 Å². The number of alkyl halides is 3. The number of hydrogen-bond acceptors (Lipinski definition) is 5. The number of para-hydroxylation sites is 1. The number of carbonyl (C=O) groups is 1. The number of piperidine rings is 1. The molecule has 1 aliphatic rings. The van der Waals surface area contributed by atoms with Gasteiger partial charge >= 0.3 is 6.18 Å². The van der Waals surface area contributed by atoms with Crippen molar-refractivity contribution in [1.82, 2.24) is 19.4 Å². The minimum atomic E-state index is -4.42. The first-order chi connectivity index (χ1) is 26.5. The molecule has 6 aromatic rings. The van der Waals surface area contributed by atoms with Gasteiger partial charge in [0.05, 0.1) is 16.1 Å². The number of halogens is 5. The third-order valence-corrected chi connectivity index (χ3v) is 11.1. The van der Waals surface area contributed by atoms with Gasteiger partial charge in [-0.15, -0.1) is 11.8 Å². The van der Waals surface area contributed by atoms with Gasteiger partial charge in [0.15, 0.2) is 17.1 Å². The molecule has 0 unspecified atom stereocenters. The molecule has 0 atom stereocenters. The lowest BCUT2D eigenvalue weighted by Gasteiger charge is -2.39. The summed E-state index contributed by atoms with van der Waals surface area (Å²) < 4.78 is 69.9. The number of nitrogens with zero attached hydrogens (tertiary/aromatic N) is 4. The molecular weight excluding hydrogens is 732 g/mol. The van der Waals surface area contributed by atoms with E-state index in [-0.39, 0.29) is 41.8 Å². The van der Waals surface area contributed by atoms with Gasteiger partial charge in [-0.25, -0.2) is 8.78 Å². The van der Waals surface area contributed by atoms with Crippen molar-refractivity contribution in [2.45, 2.75) is 55.5 Å². The number of rotatable bonds is 11. The average molecular weight is 769 g/mol. The topological polar surface area (TPSA) is 58.4 Å². The van der Waals surface area contributed by atoms with Gasteiger partial charge in [-0.2, -0.15) is 13.2 Å². The first kappa shape index (κ1) is 38.0. The minimum Gasteiger partial charge on any atom is -0.334 e. The summed E-state index contributed by atoms with van der Waals surface area (Å²) in [6.07, 6.45) is 0.615. The molecule has 0 spiro atoms. The number of pyridine rings is 2. The fraction of sp³-hybridized carbons (Fsp3) is 0.233. The summed E-state index contributed by atoms with van der Waals surface area (Å²) >= 11 is 1.16. The summed E-state index contributed by atoms with van der Waals surface area (Å²) in [4.78, 5) is 36.3. The number of benzene rings is 4. The Balaban J connectivity index is 1.16. The second-order valence-electron chi connectivity index (χ2n) is 13.6. The van der Waals surface area contributed by atoms with E-state index in [9.17, 15) is 31.5 Å². The van der Waals surface area contributed by atoms with Gasteiger partial charge in [0.1, 0.15) is 6.54 Å². The second kappa shape index (κ2) is 16.6. The lowest BCUT2D eigenvalue weighted by Crippen LogP contribution is -2.47. The molecule has 0 saturated carbocycles. The molecule has 55 heavy (non-hydrogen) atoms. The maximum absolute atomic E-state index is 14.6. The average Bonchev–Trinajstić information content (AvgIpc) is 3.19. The van der Waals surface area contributed by atoms with Crippen LogP contribution in [0.4, 0.5) is 22.0 Å². The van der Waals surface area contributed by atoms with Gasteiger partial charge in [-0.1, -0.05) is 66.7 Å². The fourth-order valence-corrected chi connectivity index (χ4v) is 8.07. The molecule has 2 aromatic heterocycles. The van der Waals surface area contributed by atoms with Crippen LogP contribution in [0.2, 0.25) is 0 Å². The normalized spacial score (nSPS) is 14.0. The van der Waals surface area contributed by atoms with Crippen LogP contribution >= 0.6 is 11.8 Å². The number of aromatic nitrogens is 2. The Bertz CT molecular complexity index is 2330. The molecule has 3 heterocycles. The van der Waals surface area contributed by atoms with Gasteiger partial charge in [0.25, 0.3) is 0 Å². The third kappa shape index (κ3) is 8.98. The van der Waals surface area contributed by atoms with Crippen molar-refractivity contribution >= 4 is 28.6 Å². The molecule has 1 aliphatic heterocycles. The van der Waals surface area contributed by atoms with Crippen molar-refractivity contribution in [1.29, 1.82) is 0 Å². The van der Waals surface area contributed by atoms with Gasteiger partial charge < -0.3 is 9.47 Å². The molecule has 0 radical (unpaired) electrons. The smallest absolute Gasteiger partial charge is 0.334 e. The van der Waals surface area contributed by atoms with Crippen LogP contribution in [0.5, 0.6) is 0 Å². The lowest BCUT2D eigenvalue weighted by molar-refractivity contribution is -0.137. The predicted molar refractivity (Wildman–Crippen MR) is 204 cm³/mol. The van der Waals surface area contributed by atoms with Crippen LogP contribution in [0, 0.1) is 11.6 Å². The van der Waals surface area contributed by atoms with Crippen LogP contribution in [0.1, 0.15) is 35.1 Å². The van der Waals surface area contributed by atoms with E-state index in [1.807, 2.05) is 47.5 Å². The van der Waals surface area contributed by atoms with Crippen LogP contribution in [0.3, 0.4) is 0 Å². The zero-order valence-electron chi connectivity index (χ0n) is 29.7. The van der Waals surface area contributed by atoms with E-state index >= 15 is 0 Å². The Hall–Kier alpha value is -5.33. The van der Waals surface area contributed by atoms with Crippen molar-refractivity contribution in [3.05, 3.63) is 166 Å². The van der Waals surface area contributed by atoms with Gasteiger partial charge in [-0.05, 0) is 71.5 Å². The number of fused-ring (bicyclic) bond motifs is 1. The molecule has 0 N–H and O–H groups in total. The Labute approximate surface area is 319 Å². The zero-order valence-corrected chi connectivity index (χ0v) is 30.5. The SMILES string of the molecule is O=C(Cn1c(SCc2cccc(F)c2F)cc(=O)c2ccccc21)N(Cc1ccc(-c2ccc(C(F)(F)F)cc2)cc1)C1CCN(Cc2cccnc2)CC1. The van der Waals surface area contributed by atoms with Crippen LogP contribution in [-0.2, 0) is 36.4 Å². The van der Waals surface area contributed by atoms with Crippen LogP contribution < -0.4 is 5.43 Å². The van der Waals surface area contributed by atoms with E-state index in [1.54, 1.807) is 35.0 Å². The number of amides is 1. The van der Waals surface area contributed by atoms with Crippen molar-refractivity contribution in [3.63, 3.8) is 0 Å². The lowest BCUT2D eigenvalue weighted by atomic mass is 10.00. The highest BCUT2D eigenvalue weighted by Crippen LogP contribution is 2.32. The van der Waals surface area contributed by atoms with Gasteiger partial charge in [0.2, 0.25) is 5.91 Å². The first-order valence-electron chi connectivity index (χ1n) is 17.9. The highest BCUT2D eigenvalue weighted by molar-refractivity contribution is 7.98. The van der Waals surface area contributed by atoms with Crippen LogP contribution in [0.25, 0.3) is 22.0 Å². The Kier molecular flexibility index (Phi) is 11.4. The van der Waals surface area contributed by atoms with E-state index in [4.69, 9.17) is 0 Å². The maximum Gasteiger partial charge on any atom is 0.416 e. The second-order valence-corrected chi connectivity index (χ2v) is 14.6. The molecule has 1 amide bonds. The zero-order chi connectivity index (χ0) is 38.5. The summed E-state index contributed by atoms with van der Waals surface area (Å²) in [5.74, 6) is -2.05. The molecule has 1 fully saturated rings. The Morgan fingerprint density at radius 1 is 0.836 bits per heavy atom. The molecular formula is C43H37F5N4O2S. The van der Waals surface area contributed by atoms with Crippen molar-refractivity contribution in [2.24, 2.45) is 0 Å². The summed E-state index contributed by atoms with van der Waals surface area (Å²) in [6, 6.07) is 28.7. The summed E-state index contributed by atoms with van der Waals surface area (Å²) in [6.45, 7) is 2.45. The van der Waals surface area contributed by atoms with Crippen LogP contribution in [-0.4, -0.2) is 44.4 Å². The van der Waals surface area contributed by atoms with Crippen LogP contribution in [0.15, 0.2) is 131 Å². The van der Waals surface area contributed by atoms with E-state index in [0.29, 0.717) is 21.5 Å². The molecule has 1 saturated heterocycles. The summed E-state index contributed by atoms with van der Waals surface area (Å²) in [5, 5.41) is 0.888. The Morgan fingerprint density at radius 3 is 2.24 bits per heavy atom. The van der Waals surface area contributed by atoms with E-state index in [2.05, 4.69) is 9.88 Å². The predicted octanol–water partition coefficient (Wildman–Crippen LogP) is 9.35. The third-order valence-electron chi connectivity index (χ3n) is 9.98. The quantitative estimate of drug-likeness (QED) is 0.0972. The standard InChI is InChI=1S/C43H37F5N4O2S/c44-37-8-3-6-33(42(37)45)28-55-41-23-39(53)36-7-1-2-9-38(36)52(41)27-40(54)51(35-18-21-50(22-19-35)25-30-5-4-20-49-24-30)26-29-10-12-31(13-11-29)32-14-16-34(17-15-32)43(46,47)48/h1-17,20,23-24,35H,18-19,21-22,25-28H2. The first-order valence-corrected chi connectivity index (χ1v) is 18.9. The molecule has 4 aromatic carbocycles. The van der Waals surface area contributed by atoms with Crippen molar-refractivity contribution in [3.8, 4) is 11.1 Å².